The molecule has 2 saturated carbocycles. The molecule has 1 N–H and O–H groups in total. The van der Waals surface area contributed by atoms with Gasteiger partial charge in [0, 0.05) is 18.1 Å². The normalized spacial score (nSPS) is 43.7. The number of methoxy groups -OCH3 is 1. The largest absolute Gasteiger partial charge is 0.466 e. The first-order chi connectivity index (χ1) is 16.7. The molecule has 0 aromatic heterocycles. The lowest BCUT2D eigenvalue weighted by Gasteiger charge is -2.52. The Morgan fingerprint density at radius 3 is 2.50 bits per heavy atom. The second kappa shape index (κ2) is 7.85. The van der Waals surface area contributed by atoms with Gasteiger partial charge in [0.2, 0.25) is 0 Å². The zero-order valence-electron chi connectivity index (χ0n) is 22.0. The summed E-state index contributed by atoms with van der Waals surface area (Å²) in [6.45, 7) is 11.9. The lowest BCUT2D eigenvalue weighted by Crippen LogP contribution is -2.68. The van der Waals surface area contributed by atoms with Crippen molar-refractivity contribution >= 4 is 17.7 Å². The van der Waals surface area contributed by atoms with Crippen molar-refractivity contribution in [3.8, 4) is 0 Å². The summed E-state index contributed by atoms with van der Waals surface area (Å²) < 4.78 is 22.7. The molecule has 8 nitrogen and oxygen atoms in total. The van der Waals surface area contributed by atoms with Crippen LogP contribution in [0.5, 0.6) is 0 Å². The van der Waals surface area contributed by atoms with E-state index in [1.54, 1.807) is 20.8 Å². The van der Waals surface area contributed by atoms with Crippen molar-refractivity contribution in [1.29, 1.82) is 0 Å². The molecule has 0 radical (unpaired) electrons. The molecule has 1 heterocycles. The number of ether oxygens (including phenoxy) is 4. The number of allylic oxidation sites excluding steroid dienone is 1. The minimum Gasteiger partial charge on any atom is -0.466 e. The van der Waals surface area contributed by atoms with Gasteiger partial charge < -0.3 is 24.1 Å². The highest BCUT2D eigenvalue weighted by Gasteiger charge is 2.77. The van der Waals surface area contributed by atoms with Crippen molar-refractivity contribution in [3.05, 3.63) is 35.5 Å². The van der Waals surface area contributed by atoms with Gasteiger partial charge in [0.15, 0.2) is 23.3 Å². The number of carbonyl (C=O) groups is 3. The Hall–Kier alpha value is -2.29. The van der Waals surface area contributed by atoms with Crippen LogP contribution in [-0.4, -0.2) is 60.1 Å². The third-order valence-electron chi connectivity index (χ3n) is 9.46. The first kappa shape index (κ1) is 25.4. The van der Waals surface area contributed by atoms with Crippen LogP contribution < -0.4 is 0 Å². The molecule has 0 aromatic rings. The monoisotopic (exact) mass is 500 g/mol. The van der Waals surface area contributed by atoms with Crippen LogP contribution in [-0.2, 0) is 33.3 Å². The third-order valence-corrected chi connectivity index (χ3v) is 9.46. The molecular formula is C28H36O8. The van der Waals surface area contributed by atoms with Gasteiger partial charge in [-0.15, -0.1) is 0 Å². The summed E-state index contributed by atoms with van der Waals surface area (Å²) in [6.07, 6.45) is 4.42. The second-order valence-corrected chi connectivity index (χ2v) is 12.2. The van der Waals surface area contributed by atoms with Crippen LogP contribution in [0.15, 0.2) is 35.5 Å². The highest BCUT2D eigenvalue weighted by molar-refractivity contribution is 5.96. The Morgan fingerprint density at radius 2 is 1.83 bits per heavy atom. The number of esters is 2. The Bertz CT molecular complexity index is 1110. The first-order valence-corrected chi connectivity index (χ1v) is 12.7. The van der Waals surface area contributed by atoms with Gasteiger partial charge in [-0.3, -0.25) is 4.79 Å². The first-order valence-electron chi connectivity index (χ1n) is 12.7. The van der Waals surface area contributed by atoms with E-state index in [-0.39, 0.29) is 29.6 Å². The Kier molecular flexibility index (Phi) is 5.53. The lowest BCUT2D eigenvalue weighted by atomic mass is 9.59. The highest BCUT2D eigenvalue weighted by atomic mass is 16.7. The molecule has 36 heavy (non-hydrogen) atoms. The molecule has 3 fully saturated rings. The standard InChI is InChI=1S/C28H36O8/c1-14-12-27-15(2)10-18-21(25(18,3)4)17(22(27)31)11-16-13-34-26(5,6)36-24(16)28(27,32)23(14)35-20(30)9-8-19(29)33-7/h8-9,11-12,15,17-18,21,23-24,32H,10,13H2,1-7H3/b9-8+/t15-,17+,18-,21+,23+,24-,27+,28-/m1/s1. The van der Waals surface area contributed by atoms with E-state index in [9.17, 15) is 19.5 Å². The number of rotatable bonds is 3. The lowest BCUT2D eigenvalue weighted by molar-refractivity contribution is -0.303. The van der Waals surface area contributed by atoms with Crippen LogP contribution in [0.25, 0.3) is 0 Å². The van der Waals surface area contributed by atoms with Gasteiger partial charge in [0.25, 0.3) is 0 Å². The number of hydrogen-bond donors (Lipinski definition) is 1. The molecule has 0 unspecified atom stereocenters. The number of carbonyl (C=O) groups excluding carboxylic acids is 3. The van der Waals surface area contributed by atoms with Crippen molar-refractivity contribution in [1.82, 2.24) is 0 Å². The number of ketones is 1. The van der Waals surface area contributed by atoms with E-state index >= 15 is 0 Å². The summed E-state index contributed by atoms with van der Waals surface area (Å²) in [5.74, 6) is -2.70. The maximum Gasteiger partial charge on any atom is 0.331 e. The van der Waals surface area contributed by atoms with Crippen LogP contribution in [0.4, 0.5) is 0 Å². The maximum absolute atomic E-state index is 14.6. The molecule has 0 aromatic carbocycles. The second-order valence-electron chi connectivity index (χ2n) is 12.2. The number of fused-ring (bicyclic) bond motifs is 5. The van der Waals surface area contributed by atoms with Crippen molar-refractivity contribution < 1.29 is 38.4 Å². The zero-order chi connectivity index (χ0) is 26.4. The van der Waals surface area contributed by atoms with Gasteiger partial charge in [0.1, 0.15) is 6.10 Å². The SMILES string of the molecule is COC(=O)/C=C/C(=O)O[C@H]1C(C)=C[C@]23C(=O)[C@@H](C=C4COC(C)(C)O[C@H]4[C@]12O)[C@H]1[C@@H](C[C@H]3C)C1(C)C. The van der Waals surface area contributed by atoms with Crippen molar-refractivity contribution in [2.75, 3.05) is 13.7 Å². The van der Waals surface area contributed by atoms with Gasteiger partial charge >= 0.3 is 11.9 Å². The predicted octanol–water partition coefficient (Wildman–Crippen LogP) is 2.89. The summed E-state index contributed by atoms with van der Waals surface area (Å²) >= 11 is 0. The van der Waals surface area contributed by atoms with Crippen molar-refractivity contribution in [2.45, 2.75) is 71.6 Å². The highest BCUT2D eigenvalue weighted by Crippen LogP contribution is 2.72. The molecule has 5 rings (SSSR count). The average Bonchev–Trinajstić information content (AvgIpc) is 3.30. The van der Waals surface area contributed by atoms with Gasteiger partial charge in [-0.25, -0.2) is 9.59 Å². The van der Waals surface area contributed by atoms with Gasteiger partial charge in [0.05, 0.1) is 19.1 Å². The molecule has 2 bridgehead atoms. The molecular weight excluding hydrogens is 464 g/mol. The topological polar surface area (TPSA) is 108 Å². The number of aliphatic hydroxyl groups is 1. The summed E-state index contributed by atoms with van der Waals surface area (Å²) in [7, 11) is 1.21. The van der Waals surface area contributed by atoms with Crippen molar-refractivity contribution in [3.63, 3.8) is 0 Å². The summed E-state index contributed by atoms with van der Waals surface area (Å²) in [5.41, 5.74) is -1.89. The number of Topliss-reactive ketones (excluding diaryl/α,β-unsaturated/α-hetero) is 1. The average molecular weight is 501 g/mol. The fourth-order valence-electron chi connectivity index (χ4n) is 7.66. The molecule has 1 saturated heterocycles. The van der Waals surface area contributed by atoms with E-state index in [1.165, 1.54) is 7.11 Å². The minimum absolute atomic E-state index is 0.0166. The molecule has 8 atom stereocenters. The van der Waals surface area contributed by atoms with Gasteiger partial charge in [-0.1, -0.05) is 32.9 Å². The van der Waals surface area contributed by atoms with Crippen LogP contribution >= 0.6 is 0 Å². The van der Waals surface area contributed by atoms with Crippen LogP contribution in [0.3, 0.4) is 0 Å². The molecule has 5 aliphatic rings. The van der Waals surface area contributed by atoms with Crippen LogP contribution in [0, 0.1) is 34.5 Å². The van der Waals surface area contributed by atoms with Crippen LogP contribution in [0.1, 0.15) is 48.0 Å². The molecule has 1 spiro atoms. The van der Waals surface area contributed by atoms with Crippen LogP contribution in [0.2, 0.25) is 0 Å². The van der Waals surface area contributed by atoms with E-state index in [2.05, 4.69) is 18.6 Å². The smallest absolute Gasteiger partial charge is 0.331 e. The molecule has 0 amide bonds. The summed E-state index contributed by atoms with van der Waals surface area (Å²) in [4.78, 5) is 38.8. The molecule has 8 heteroatoms. The fourth-order valence-corrected chi connectivity index (χ4v) is 7.66. The third kappa shape index (κ3) is 3.26. The minimum atomic E-state index is -1.88. The summed E-state index contributed by atoms with van der Waals surface area (Å²) in [6, 6.07) is 0. The van der Waals surface area contributed by atoms with Crippen molar-refractivity contribution in [2.24, 2.45) is 34.5 Å². The fraction of sp³-hybridized carbons (Fsp3) is 0.679. The van der Waals surface area contributed by atoms with E-state index in [1.807, 2.05) is 19.1 Å². The quantitative estimate of drug-likeness (QED) is 0.358. The maximum atomic E-state index is 14.6. The molecule has 1 aliphatic heterocycles. The Labute approximate surface area is 211 Å². The zero-order valence-corrected chi connectivity index (χ0v) is 22.0. The summed E-state index contributed by atoms with van der Waals surface area (Å²) in [5, 5.41) is 12.8. The van der Waals surface area contributed by atoms with E-state index in [4.69, 9.17) is 14.2 Å². The predicted molar refractivity (Wildman–Crippen MR) is 128 cm³/mol. The Balaban J connectivity index is 1.65. The molecule has 196 valence electrons. The van der Waals surface area contributed by atoms with E-state index in [0.717, 1.165) is 18.6 Å². The Morgan fingerprint density at radius 1 is 1.17 bits per heavy atom. The van der Waals surface area contributed by atoms with Gasteiger partial charge in [-0.05, 0) is 61.5 Å². The van der Waals surface area contributed by atoms with E-state index < -0.39 is 46.9 Å². The van der Waals surface area contributed by atoms with Gasteiger partial charge in [-0.2, -0.15) is 0 Å². The number of hydrogen-bond acceptors (Lipinski definition) is 8. The van der Waals surface area contributed by atoms with E-state index in [0.29, 0.717) is 17.1 Å². The molecule has 4 aliphatic carbocycles.